The van der Waals surface area contributed by atoms with Gasteiger partial charge < -0.3 is 14.8 Å². The fourth-order valence-corrected chi connectivity index (χ4v) is 4.86. The van der Waals surface area contributed by atoms with Crippen LogP contribution in [0.25, 0.3) is 0 Å². The van der Waals surface area contributed by atoms with Crippen molar-refractivity contribution in [1.29, 1.82) is 0 Å². The maximum absolute atomic E-state index is 13.0. The smallest absolute Gasteiger partial charge is 0.227 e. The minimum absolute atomic E-state index is 0.0163. The number of nitrogens with one attached hydrogen (secondary N) is 1. The molecule has 2 aliphatic carbocycles. The predicted molar refractivity (Wildman–Crippen MR) is 120 cm³/mol. The molecule has 31 heavy (non-hydrogen) atoms. The monoisotopic (exact) mass is 421 g/mol. The van der Waals surface area contributed by atoms with Gasteiger partial charge in [0.05, 0.1) is 26.2 Å². The number of rotatable bonds is 7. The van der Waals surface area contributed by atoms with Crippen LogP contribution < -0.4 is 14.8 Å². The van der Waals surface area contributed by atoms with E-state index in [0.29, 0.717) is 11.5 Å². The number of hydrogen-bond donors (Lipinski definition) is 1. The number of ketones is 1. The van der Waals surface area contributed by atoms with E-state index < -0.39 is 0 Å². The Labute approximate surface area is 184 Å². The largest absolute Gasteiger partial charge is 0.493 e. The van der Waals surface area contributed by atoms with Gasteiger partial charge in [-0.1, -0.05) is 24.3 Å². The molecule has 0 radical (unpaired) electrons. The lowest BCUT2D eigenvalue weighted by Crippen LogP contribution is -2.31. The standard InChI is InChI=1S/C26H31NO4/c1-16(18-9-7-17(8-10-18)13-20-5-4-6-23(20)28)26(29)27-22-12-11-19-14-24(30-2)25(31-3)15-21(19)22/h7-10,14-16,20,22H,4-6,11-13H2,1-3H3,(H,27,29). The molecule has 0 heterocycles. The summed E-state index contributed by atoms with van der Waals surface area (Å²) in [6.07, 6.45) is 5.33. The zero-order chi connectivity index (χ0) is 22.0. The molecule has 4 rings (SSSR count). The Kier molecular flexibility index (Phi) is 6.30. The maximum atomic E-state index is 13.0. The molecule has 3 atom stereocenters. The van der Waals surface area contributed by atoms with Gasteiger partial charge in [0, 0.05) is 12.3 Å². The van der Waals surface area contributed by atoms with Crippen molar-refractivity contribution in [3.63, 3.8) is 0 Å². The third kappa shape index (κ3) is 4.46. The zero-order valence-corrected chi connectivity index (χ0v) is 18.6. The highest BCUT2D eigenvalue weighted by molar-refractivity contribution is 5.84. The van der Waals surface area contributed by atoms with Crippen LogP contribution in [0.3, 0.4) is 0 Å². The molecule has 3 unspecified atom stereocenters. The van der Waals surface area contributed by atoms with Gasteiger partial charge in [-0.05, 0) is 73.4 Å². The van der Waals surface area contributed by atoms with Crippen molar-refractivity contribution < 1.29 is 19.1 Å². The van der Waals surface area contributed by atoms with Gasteiger partial charge in [0.1, 0.15) is 5.78 Å². The SMILES string of the molecule is COc1cc2c(cc1OC)C(NC(=O)C(C)c1ccc(CC3CCCC3=O)cc1)CC2. The molecule has 5 nitrogen and oxygen atoms in total. The van der Waals surface area contributed by atoms with E-state index in [1.807, 2.05) is 31.2 Å². The third-order valence-electron chi connectivity index (χ3n) is 6.83. The Morgan fingerprint density at radius 2 is 1.77 bits per heavy atom. The first-order valence-electron chi connectivity index (χ1n) is 11.2. The molecule has 0 saturated heterocycles. The van der Waals surface area contributed by atoms with Gasteiger partial charge in [-0.15, -0.1) is 0 Å². The lowest BCUT2D eigenvalue weighted by molar-refractivity contribution is -0.123. The normalized spacial score (nSPS) is 20.9. The van der Waals surface area contributed by atoms with Crippen molar-refractivity contribution in [2.24, 2.45) is 5.92 Å². The molecule has 2 aromatic carbocycles. The van der Waals surface area contributed by atoms with Crippen molar-refractivity contribution in [2.75, 3.05) is 14.2 Å². The second kappa shape index (κ2) is 9.13. The molecule has 0 aromatic heterocycles. The molecule has 164 valence electrons. The number of ether oxygens (including phenoxy) is 2. The summed E-state index contributed by atoms with van der Waals surface area (Å²) in [6, 6.07) is 12.1. The van der Waals surface area contributed by atoms with Crippen LogP contribution in [0.4, 0.5) is 0 Å². The van der Waals surface area contributed by atoms with Gasteiger partial charge in [0.2, 0.25) is 5.91 Å². The van der Waals surface area contributed by atoms with Crippen LogP contribution >= 0.6 is 0 Å². The van der Waals surface area contributed by atoms with Gasteiger partial charge >= 0.3 is 0 Å². The van der Waals surface area contributed by atoms with Gasteiger partial charge in [-0.2, -0.15) is 0 Å². The maximum Gasteiger partial charge on any atom is 0.227 e. The lowest BCUT2D eigenvalue weighted by atomic mass is 9.93. The summed E-state index contributed by atoms with van der Waals surface area (Å²) in [5.41, 5.74) is 4.46. The van der Waals surface area contributed by atoms with E-state index in [-0.39, 0.29) is 23.8 Å². The highest BCUT2D eigenvalue weighted by Crippen LogP contribution is 2.39. The summed E-state index contributed by atoms with van der Waals surface area (Å²) in [7, 11) is 3.26. The quantitative estimate of drug-likeness (QED) is 0.714. The third-order valence-corrected chi connectivity index (χ3v) is 6.83. The fourth-order valence-electron chi connectivity index (χ4n) is 4.86. The first-order valence-corrected chi connectivity index (χ1v) is 11.2. The molecule has 1 amide bonds. The molecule has 2 aliphatic rings. The Morgan fingerprint density at radius 3 is 2.42 bits per heavy atom. The average Bonchev–Trinajstić information content (AvgIpc) is 3.38. The summed E-state index contributed by atoms with van der Waals surface area (Å²) >= 11 is 0. The van der Waals surface area contributed by atoms with Crippen LogP contribution in [-0.2, 0) is 22.4 Å². The van der Waals surface area contributed by atoms with Crippen molar-refractivity contribution >= 4 is 11.7 Å². The number of methoxy groups -OCH3 is 2. The highest BCUT2D eigenvalue weighted by Gasteiger charge is 2.28. The molecule has 5 heteroatoms. The van der Waals surface area contributed by atoms with E-state index in [1.54, 1.807) is 14.2 Å². The lowest BCUT2D eigenvalue weighted by Gasteiger charge is -2.19. The van der Waals surface area contributed by atoms with Gasteiger partial charge in [0.25, 0.3) is 0 Å². The van der Waals surface area contributed by atoms with Crippen molar-refractivity contribution in [1.82, 2.24) is 5.32 Å². The van der Waals surface area contributed by atoms with Crippen LogP contribution in [-0.4, -0.2) is 25.9 Å². The Hall–Kier alpha value is -2.82. The van der Waals surface area contributed by atoms with E-state index in [2.05, 4.69) is 17.4 Å². The Bertz CT molecular complexity index is 966. The Morgan fingerprint density at radius 1 is 1.06 bits per heavy atom. The van der Waals surface area contributed by atoms with Crippen LogP contribution in [0, 0.1) is 5.92 Å². The molecular weight excluding hydrogens is 390 g/mol. The second-order valence-electron chi connectivity index (χ2n) is 8.73. The number of fused-ring (bicyclic) bond motifs is 1. The summed E-state index contributed by atoms with van der Waals surface area (Å²) in [6.45, 7) is 1.94. The number of Topliss-reactive ketones (excluding diaryl/α,β-unsaturated/α-hetero) is 1. The summed E-state index contributed by atoms with van der Waals surface area (Å²) < 4.78 is 10.8. The van der Waals surface area contributed by atoms with Crippen molar-refractivity contribution in [2.45, 2.75) is 57.4 Å². The van der Waals surface area contributed by atoms with Crippen LogP contribution in [0.1, 0.15) is 66.8 Å². The molecule has 0 bridgehead atoms. The minimum Gasteiger partial charge on any atom is -0.493 e. The number of carbonyl (C=O) groups is 2. The van der Waals surface area contributed by atoms with E-state index >= 15 is 0 Å². The van der Waals surface area contributed by atoms with E-state index in [4.69, 9.17) is 9.47 Å². The number of amides is 1. The van der Waals surface area contributed by atoms with Crippen molar-refractivity contribution in [3.8, 4) is 11.5 Å². The minimum atomic E-state index is -0.244. The average molecular weight is 422 g/mol. The van der Waals surface area contributed by atoms with Gasteiger partial charge in [0.15, 0.2) is 11.5 Å². The molecular formula is C26H31NO4. The molecule has 1 fully saturated rings. The van der Waals surface area contributed by atoms with Crippen LogP contribution in [0.15, 0.2) is 36.4 Å². The Balaban J connectivity index is 1.41. The predicted octanol–water partition coefficient (Wildman–Crippen LogP) is 4.52. The zero-order valence-electron chi connectivity index (χ0n) is 18.6. The summed E-state index contributed by atoms with van der Waals surface area (Å²) in [4.78, 5) is 24.9. The van der Waals surface area contributed by atoms with E-state index in [0.717, 1.165) is 55.4 Å². The summed E-state index contributed by atoms with van der Waals surface area (Å²) in [5.74, 6) is 1.75. The highest BCUT2D eigenvalue weighted by atomic mass is 16.5. The first kappa shape index (κ1) is 21.4. The summed E-state index contributed by atoms with van der Waals surface area (Å²) in [5, 5.41) is 3.22. The molecule has 0 spiro atoms. The number of aryl methyl sites for hydroxylation is 1. The number of benzene rings is 2. The van der Waals surface area contributed by atoms with Gasteiger partial charge in [-0.25, -0.2) is 0 Å². The van der Waals surface area contributed by atoms with E-state index in [1.165, 1.54) is 11.1 Å². The molecule has 1 saturated carbocycles. The van der Waals surface area contributed by atoms with Crippen LogP contribution in [0.2, 0.25) is 0 Å². The topological polar surface area (TPSA) is 64.6 Å². The number of carbonyl (C=O) groups excluding carboxylic acids is 2. The molecule has 1 N–H and O–H groups in total. The molecule has 2 aromatic rings. The van der Waals surface area contributed by atoms with Crippen molar-refractivity contribution in [3.05, 3.63) is 58.7 Å². The first-order chi connectivity index (χ1) is 15.0. The van der Waals surface area contributed by atoms with E-state index in [9.17, 15) is 9.59 Å². The van der Waals surface area contributed by atoms with Crippen LogP contribution in [0.5, 0.6) is 11.5 Å². The molecule has 0 aliphatic heterocycles. The fraction of sp³-hybridized carbons (Fsp3) is 0.462. The number of hydrogen-bond acceptors (Lipinski definition) is 4. The van der Waals surface area contributed by atoms with Gasteiger partial charge in [-0.3, -0.25) is 9.59 Å². The second-order valence-corrected chi connectivity index (χ2v) is 8.73.